The predicted molar refractivity (Wildman–Crippen MR) is 117 cm³/mol. The number of carboxylic acid groups (broad SMARTS) is 1. The number of aryl methyl sites for hydroxylation is 1. The predicted octanol–water partition coefficient (Wildman–Crippen LogP) is 5.44. The number of rotatable bonds is 8. The molecule has 1 heterocycles. The molecule has 1 aromatic heterocycles. The van der Waals surface area contributed by atoms with E-state index in [1.807, 2.05) is 42.6 Å². The Hall–Kier alpha value is -3.40. The standard InChI is InChI=1S/C24H24N2O2/c1-3-10-19(17-25-2)26-22-15-8-7-13-20(22)21(14-9-16-23(27)28)24(26)18-11-5-4-6-12-18/h3-8,10-13,15,17H,1,9,14,16H2,2H3,(H,27,28)/b19-10+,25-17?. The fourth-order valence-corrected chi connectivity index (χ4v) is 3.57. The molecule has 0 unspecified atom stereocenters. The molecule has 0 aliphatic carbocycles. The molecule has 2 aromatic carbocycles. The largest absolute Gasteiger partial charge is 0.481 e. The monoisotopic (exact) mass is 372 g/mol. The van der Waals surface area contributed by atoms with Crippen molar-refractivity contribution in [1.82, 2.24) is 4.57 Å². The van der Waals surface area contributed by atoms with Crippen molar-refractivity contribution in [3.63, 3.8) is 0 Å². The van der Waals surface area contributed by atoms with Crippen LogP contribution in [0.2, 0.25) is 0 Å². The summed E-state index contributed by atoms with van der Waals surface area (Å²) in [6.07, 6.45) is 6.94. The number of hydrogen-bond acceptors (Lipinski definition) is 2. The summed E-state index contributed by atoms with van der Waals surface area (Å²) in [6, 6.07) is 18.4. The van der Waals surface area contributed by atoms with Gasteiger partial charge >= 0.3 is 5.97 Å². The number of aliphatic imine (C=N–C) groups is 1. The third-order valence-corrected chi connectivity index (χ3v) is 4.65. The van der Waals surface area contributed by atoms with E-state index in [2.05, 4.69) is 40.4 Å². The Balaban J connectivity index is 2.32. The highest BCUT2D eigenvalue weighted by atomic mass is 16.4. The summed E-state index contributed by atoms with van der Waals surface area (Å²) in [5, 5.41) is 10.2. The quantitative estimate of drug-likeness (QED) is 0.423. The fourth-order valence-electron chi connectivity index (χ4n) is 3.57. The number of hydrogen-bond donors (Lipinski definition) is 1. The van der Waals surface area contributed by atoms with Crippen LogP contribution in [0.4, 0.5) is 0 Å². The van der Waals surface area contributed by atoms with Crippen molar-refractivity contribution in [3.8, 4) is 11.3 Å². The molecule has 0 bridgehead atoms. The molecule has 0 saturated carbocycles. The second kappa shape index (κ2) is 9.00. The van der Waals surface area contributed by atoms with Gasteiger partial charge in [0.1, 0.15) is 0 Å². The van der Waals surface area contributed by atoms with Crippen LogP contribution < -0.4 is 0 Å². The molecule has 1 N–H and O–H groups in total. The van der Waals surface area contributed by atoms with Crippen molar-refractivity contribution in [2.24, 2.45) is 4.99 Å². The Labute approximate surface area is 165 Å². The van der Waals surface area contributed by atoms with E-state index < -0.39 is 5.97 Å². The molecule has 142 valence electrons. The van der Waals surface area contributed by atoms with Crippen molar-refractivity contribution < 1.29 is 9.90 Å². The Bertz CT molecular complexity index is 1040. The maximum atomic E-state index is 11.0. The maximum absolute atomic E-state index is 11.0. The molecule has 0 aliphatic rings. The highest BCUT2D eigenvalue weighted by Gasteiger charge is 2.20. The number of carboxylic acids is 1. The van der Waals surface area contributed by atoms with Gasteiger partial charge in [0.2, 0.25) is 0 Å². The highest BCUT2D eigenvalue weighted by molar-refractivity contribution is 6.09. The van der Waals surface area contributed by atoms with Gasteiger partial charge in [0.05, 0.1) is 16.9 Å². The molecule has 0 fully saturated rings. The van der Waals surface area contributed by atoms with Crippen molar-refractivity contribution in [1.29, 1.82) is 0 Å². The summed E-state index contributed by atoms with van der Waals surface area (Å²) in [5.74, 6) is -0.768. The number of aromatic nitrogens is 1. The van der Waals surface area contributed by atoms with Crippen LogP contribution in [0.25, 0.3) is 27.9 Å². The van der Waals surface area contributed by atoms with E-state index >= 15 is 0 Å². The summed E-state index contributed by atoms with van der Waals surface area (Å²) >= 11 is 0. The van der Waals surface area contributed by atoms with Gasteiger partial charge in [-0.05, 0) is 36.1 Å². The summed E-state index contributed by atoms with van der Waals surface area (Å²) in [6.45, 7) is 3.85. The van der Waals surface area contributed by atoms with Gasteiger partial charge in [-0.2, -0.15) is 0 Å². The smallest absolute Gasteiger partial charge is 0.303 e. The van der Waals surface area contributed by atoms with Gasteiger partial charge in [0, 0.05) is 25.1 Å². The number of benzene rings is 2. The minimum absolute atomic E-state index is 0.152. The second-order valence-corrected chi connectivity index (χ2v) is 6.51. The molecule has 3 aromatic rings. The van der Waals surface area contributed by atoms with Crippen LogP contribution in [-0.2, 0) is 11.2 Å². The van der Waals surface area contributed by atoms with Crippen LogP contribution in [0.1, 0.15) is 18.4 Å². The lowest BCUT2D eigenvalue weighted by atomic mass is 10.00. The zero-order valence-corrected chi connectivity index (χ0v) is 16.0. The molecule has 0 atom stereocenters. The summed E-state index contributed by atoms with van der Waals surface area (Å²) in [5.41, 5.74) is 5.29. The van der Waals surface area contributed by atoms with Crippen molar-refractivity contribution in [2.45, 2.75) is 19.3 Å². The Morgan fingerprint density at radius 1 is 1.14 bits per heavy atom. The van der Waals surface area contributed by atoms with E-state index in [1.165, 1.54) is 0 Å². The van der Waals surface area contributed by atoms with E-state index in [0.29, 0.717) is 12.8 Å². The number of allylic oxidation sites excluding steroid dienone is 3. The molecule has 4 nitrogen and oxygen atoms in total. The van der Waals surface area contributed by atoms with Crippen LogP contribution in [-0.4, -0.2) is 28.9 Å². The van der Waals surface area contributed by atoms with E-state index in [9.17, 15) is 4.79 Å². The van der Waals surface area contributed by atoms with Gasteiger partial charge in [-0.15, -0.1) is 0 Å². The lowest BCUT2D eigenvalue weighted by molar-refractivity contribution is -0.137. The average Bonchev–Trinajstić information content (AvgIpc) is 3.03. The lowest BCUT2D eigenvalue weighted by Gasteiger charge is -2.13. The minimum Gasteiger partial charge on any atom is -0.481 e. The number of carbonyl (C=O) groups is 1. The molecule has 3 rings (SSSR count). The Morgan fingerprint density at radius 3 is 2.54 bits per heavy atom. The van der Waals surface area contributed by atoms with E-state index in [1.54, 1.807) is 13.1 Å². The second-order valence-electron chi connectivity index (χ2n) is 6.51. The first-order valence-corrected chi connectivity index (χ1v) is 9.32. The lowest BCUT2D eigenvalue weighted by Crippen LogP contribution is -2.02. The van der Waals surface area contributed by atoms with E-state index in [0.717, 1.165) is 33.4 Å². The topological polar surface area (TPSA) is 54.6 Å². The number of para-hydroxylation sites is 1. The third-order valence-electron chi connectivity index (χ3n) is 4.65. The van der Waals surface area contributed by atoms with Gasteiger partial charge in [-0.25, -0.2) is 0 Å². The van der Waals surface area contributed by atoms with Crippen molar-refractivity contribution in [3.05, 3.63) is 78.9 Å². The molecule has 28 heavy (non-hydrogen) atoms. The van der Waals surface area contributed by atoms with Gasteiger partial charge in [-0.3, -0.25) is 9.79 Å². The molecule has 0 amide bonds. The summed E-state index contributed by atoms with van der Waals surface area (Å²) < 4.78 is 2.19. The van der Waals surface area contributed by atoms with Crippen molar-refractivity contribution in [2.75, 3.05) is 7.05 Å². The van der Waals surface area contributed by atoms with Crippen LogP contribution >= 0.6 is 0 Å². The molecule has 0 saturated heterocycles. The SMILES string of the molecule is C=C/C=C(\C=NC)n1c(-c2ccccc2)c(CCCC(=O)O)c2ccccc21. The number of aliphatic carboxylic acids is 1. The molecule has 0 spiro atoms. The van der Waals surface area contributed by atoms with E-state index in [-0.39, 0.29) is 6.42 Å². The Kier molecular flexibility index (Phi) is 6.22. The molecule has 4 heteroatoms. The van der Waals surface area contributed by atoms with Gasteiger partial charge in [0.15, 0.2) is 0 Å². The first kappa shape index (κ1) is 19.4. The molecular weight excluding hydrogens is 348 g/mol. The van der Waals surface area contributed by atoms with Crippen LogP contribution in [0.5, 0.6) is 0 Å². The first-order chi connectivity index (χ1) is 13.7. The highest BCUT2D eigenvalue weighted by Crippen LogP contribution is 2.37. The van der Waals surface area contributed by atoms with E-state index in [4.69, 9.17) is 5.11 Å². The molecule has 0 aliphatic heterocycles. The Morgan fingerprint density at radius 2 is 1.86 bits per heavy atom. The third kappa shape index (κ3) is 3.96. The zero-order valence-electron chi connectivity index (χ0n) is 16.0. The molecular formula is C24H24N2O2. The fraction of sp³-hybridized carbons (Fsp3) is 0.167. The van der Waals surface area contributed by atoms with Crippen LogP contribution in [0, 0.1) is 0 Å². The maximum Gasteiger partial charge on any atom is 0.303 e. The normalized spacial score (nSPS) is 12.0. The zero-order chi connectivity index (χ0) is 19.9. The van der Waals surface area contributed by atoms with Crippen LogP contribution in [0.3, 0.4) is 0 Å². The number of nitrogens with zero attached hydrogens (tertiary/aromatic N) is 2. The first-order valence-electron chi connectivity index (χ1n) is 9.32. The van der Waals surface area contributed by atoms with Crippen LogP contribution in [0.15, 0.2) is 78.3 Å². The van der Waals surface area contributed by atoms with Gasteiger partial charge in [-0.1, -0.05) is 61.2 Å². The summed E-state index contributed by atoms with van der Waals surface area (Å²) in [4.78, 5) is 15.3. The van der Waals surface area contributed by atoms with Crippen molar-refractivity contribution >= 4 is 28.8 Å². The summed E-state index contributed by atoms with van der Waals surface area (Å²) in [7, 11) is 1.75. The average molecular weight is 372 g/mol. The minimum atomic E-state index is -0.768. The number of fused-ring (bicyclic) bond motifs is 1. The van der Waals surface area contributed by atoms with Gasteiger partial charge < -0.3 is 9.67 Å². The molecule has 0 radical (unpaired) electrons. The van der Waals surface area contributed by atoms with Gasteiger partial charge in [0.25, 0.3) is 0 Å².